The molecule has 0 bridgehead atoms. The van der Waals surface area contributed by atoms with Gasteiger partial charge in [0.1, 0.15) is 5.82 Å². The highest BCUT2D eigenvalue weighted by molar-refractivity contribution is 7.12. The van der Waals surface area contributed by atoms with Crippen LogP contribution in [0, 0.1) is 26.6 Å². The first-order valence-electron chi connectivity index (χ1n) is 9.39. The molecule has 3 aromatic heterocycles. The fourth-order valence-corrected chi connectivity index (χ4v) is 4.15. The van der Waals surface area contributed by atoms with Crippen LogP contribution in [0.2, 0.25) is 0 Å². The summed E-state index contributed by atoms with van der Waals surface area (Å²) >= 11 is 1.63. The largest absolute Gasteiger partial charge is 0.452 e. The zero-order valence-electron chi connectivity index (χ0n) is 17.0. The zero-order chi connectivity index (χ0) is 22.1. The molecular formula is C22H18FN3O4S. The number of aryl methyl sites for hydroxylation is 3. The predicted molar refractivity (Wildman–Crippen MR) is 115 cm³/mol. The Balaban J connectivity index is 1.58. The Morgan fingerprint density at radius 3 is 2.58 bits per heavy atom. The molecule has 3 heterocycles. The lowest BCUT2D eigenvalue weighted by Gasteiger charge is -2.08. The van der Waals surface area contributed by atoms with E-state index in [4.69, 9.17) is 9.26 Å². The second kappa shape index (κ2) is 8.27. The van der Waals surface area contributed by atoms with Crippen molar-refractivity contribution in [3.8, 4) is 11.3 Å². The molecule has 0 aliphatic heterocycles. The smallest absolute Gasteiger partial charge is 0.339 e. The lowest BCUT2D eigenvalue weighted by Crippen LogP contribution is -2.21. The Kier molecular flexibility index (Phi) is 5.51. The number of esters is 1. The minimum atomic E-state index is -0.696. The number of rotatable bonds is 5. The molecule has 4 rings (SSSR count). The minimum absolute atomic E-state index is 0.219. The van der Waals surface area contributed by atoms with Crippen LogP contribution >= 0.6 is 11.3 Å². The quantitative estimate of drug-likeness (QED) is 0.449. The molecule has 0 aliphatic carbocycles. The van der Waals surface area contributed by atoms with Crippen LogP contribution in [0.15, 0.2) is 40.9 Å². The molecule has 0 saturated heterocycles. The first-order valence-corrected chi connectivity index (χ1v) is 10.2. The van der Waals surface area contributed by atoms with E-state index >= 15 is 0 Å². The molecule has 0 atom stereocenters. The third kappa shape index (κ3) is 4.31. The van der Waals surface area contributed by atoms with E-state index in [9.17, 15) is 14.0 Å². The van der Waals surface area contributed by atoms with E-state index in [1.54, 1.807) is 24.3 Å². The standard InChI is InChI=1S/C22H18FN3O4S/c1-11-8-16(13(3)31-11)18-9-17(20-12(2)26-30-21(20)25-18)22(28)29-10-19(27)24-15-6-4-14(23)5-7-15/h4-9H,10H2,1-3H3,(H,24,27). The fraction of sp³-hybridized carbons (Fsp3) is 0.182. The van der Waals surface area contributed by atoms with Crippen molar-refractivity contribution in [1.82, 2.24) is 10.1 Å². The molecular weight excluding hydrogens is 421 g/mol. The number of fused-ring (bicyclic) bond motifs is 1. The summed E-state index contributed by atoms with van der Waals surface area (Å²) < 4.78 is 23.5. The van der Waals surface area contributed by atoms with Crippen molar-refractivity contribution in [2.75, 3.05) is 11.9 Å². The molecule has 7 nitrogen and oxygen atoms in total. The number of nitrogens with one attached hydrogen (secondary N) is 1. The second-order valence-electron chi connectivity index (χ2n) is 6.96. The molecule has 0 fully saturated rings. The van der Waals surface area contributed by atoms with Gasteiger partial charge in [0, 0.05) is 21.0 Å². The molecule has 9 heteroatoms. The number of benzene rings is 1. The summed E-state index contributed by atoms with van der Waals surface area (Å²) in [6.45, 7) is 5.16. The summed E-state index contributed by atoms with van der Waals surface area (Å²) in [7, 11) is 0. The molecule has 0 aliphatic rings. The SMILES string of the molecule is Cc1cc(-c2cc(C(=O)OCC(=O)Nc3ccc(F)cc3)c3c(C)noc3n2)c(C)s1. The van der Waals surface area contributed by atoms with Crippen molar-refractivity contribution in [1.29, 1.82) is 0 Å². The van der Waals surface area contributed by atoms with Gasteiger partial charge in [0.15, 0.2) is 6.61 Å². The number of anilines is 1. The van der Waals surface area contributed by atoms with Crippen LogP contribution in [0.25, 0.3) is 22.4 Å². The lowest BCUT2D eigenvalue weighted by atomic mass is 10.1. The van der Waals surface area contributed by atoms with Gasteiger partial charge in [-0.2, -0.15) is 0 Å². The van der Waals surface area contributed by atoms with Gasteiger partial charge in [-0.15, -0.1) is 11.3 Å². The summed E-state index contributed by atoms with van der Waals surface area (Å²) in [5.41, 5.74) is 2.79. The van der Waals surface area contributed by atoms with Crippen molar-refractivity contribution in [3.63, 3.8) is 0 Å². The molecule has 0 unspecified atom stereocenters. The number of aromatic nitrogens is 2. The Morgan fingerprint density at radius 1 is 1.16 bits per heavy atom. The summed E-state index contributed by atoms with van der Waals surface area (Å²) in [6.07, 6.45) is 0. The van der Waals surface area contributed by atoms with Crippen molar-refractivity contribution in [3.05, 3.63) is 63.2 Å². The van der Waals surface area contributed by atoms with E-state index in [-0.39, 0.29) is 11.3 Å². The number of hydrogen-bond acceptors (Lipinski definition) is 7. The molecule has 0 saturated carbocycles. The van der Waals surface area contributed by atoms with E-state index < -0.39 is 24.3 Å². The predicted octanol–water partition coefficient (Wildman–Crippen LogP) is 4.81. The van der Waals surface area contributed by atoms with E-state index in [1.807, 2.05) is 19.9 Å². The van der Waals surface area contributed by atoms with Crippen molar-refractivity contribution < 1.29 is 23.2 Å². The highest BCUT2D eigenvalue weighted by Crippen LogP contribution is 2.33. The Bertz CT molecular complexity index is 1290. The van der Waals surface area contributed by atoms with Crippen LogP contribution in [0.4, 0.5) is 10.1 Å². The molecule has 1 aromatic carbocycles. The summed E-state index contributed by atoms with van der Waals surface area (Å²) in [4.78, 5) is 31.6. The van der Waals surface area contributed by atoms with Gasteiger partial charge >= 0.3 is 5.97 Å². The van der Waals surface area contributed by atoms with Gasteiger partial charge in [0.25, 0.3) is 11.6 Å². The first-order chi connectivity index (χ1) is 14.8. The van der Waals surface area contributed by atoms with Gasteiger partial charge in [-0.05, 0) is 57.2 Å². The number of nitrogens with zero attached hydrogens (tertiary/aromatic N) is 2. The molecule has 158 valence electrons. The Hall–Kier alpha value is -3.59. The Labute approximate surface area is 180 Å². The van der Waals surface area contributed by atoms with E-state index in [0.717, 1.165) is 15.3 Å². The lowest BCUT2D eigenvalue weighted by molar-refractivity contribution is -0.119. The number of amides is 1. The number of halogens is 1. The maximum absolute atomic E-state index is 13.0. The van der Waals surface area contributed by atoms with Gasteiger partial charge in [-0.3, -0.25) is 4.79 Å². The zero-order valence-corrected chi connectivity index (χ0v) is 17.8. The Morgan fingerprint density at radius 2 is 1.90 bits per heavy atom. The monoisotopic (exact) mass is 439 g/mol. The number of carbonyl (C=O) groups excluding carboxylic acids is 2. The summed E-state index contributed by atoms with van der Waals surface area (Å²) in [5, 5.41) is 6.89. The van der Waals surface area contributed by atoms with Crippen LogP contribution in [0.3, 0.4) is 0 Å². The van der Waals surface area contributed by atoms with Gasteiger partial charge in [0.05, 0.1) is 22.3 Å². The highest BCUT2D eigenvalue weighted by Gasteiger charge is 2.22. The second-order valence-corrected chi connectivity index (χ2v) is 8.42. The van der Waals surface area contributed by atoms with Gasteiger partial charge in [-0.25, -0.2) is 14.2 Å². The number of thiophene rings is 1. The number of carbonyl (C=O) groups is 2. The van der Waals surface area contributed by atoms with Gasteiger partial charge < -0.3 is 14.6 Å². The van der Waals surface area contributed by atoms with Crippen LogP contribution in [0.1, 0.15) is 25.8 Å². The topological polar surface area (TPSA) is 94.3 Å². The van der Waals surface area contributed by atoms with E-state index in [2.05, 4.69) is 15.5 Å². The van der Waals surface area contributed by atoms with Crippen LogP contribution < -0.4 is 5.32 Å². The maximum Gasteiger partial charge on any atom is 0.339 e. The van der Waals surface area contributed by atoms with Crippen LogP contribution in [-0.4, -0.2) is 28.6 Å². The molecule has 0 radical (unpaired) electrons. The highest BCUT2D eigenvalue weighted by atomic mass is 32.1. The summed E-state index contributed by atoms with van der Waals surface area (Å²) in [5.74, 6) is -1.65. The maximum atomic E-state index is 13.0. The van der Waals surface area contributed by atoms with Crippen LogP contribution in [-0.2, 0) is 9.53 Å². The molecule has 0 spiro atoms. The number of hydrogen-bond donors (Lipinski definition) is 1. The van der Waals surface area contributed by atoms with Crippen molar-refractivity contribution in [2.24, 2.45) is 0 Å². The van der Waals surface area contributed by atoms with Gasteiger partial charge in [0.2, 0.25) is 0 Å². The average molecular weight is 439 g/mol. The molecule has 4 aromatic rings. The van der Waals surface area contributed by atoms with Gasteiger partial charge in [-0.1, -0.05) is 5.16 Å². The van der Waals surface area contributed by atoms with Crippen LogP contribution in [0.5, 0.6) is 0 Å². The third-order valence-corrected chi connectivity index (χ3v) is 5.58. The third-order valence-electron chi connectivity index (χ3n) is 4.62. The number of pyridine rings is 1. The van der Waals surface area contributed by atoms with E-state index in [1.165, 1.54) is 24.3 Å². The molecule has 1 amide bonds. The first kappa shape index (κ1) is 20.7. The summed E-state index contributed by atoms with van der Waals surface area (Å²) in [6, 6.07) is 8.89. The normalized spacial score (nSPS) is 11.0. The molecule has 1 N–H and O–H groups in total. The van der Waals surface area contributed by atoms with E-state index in [0.29, 0.717) is 22.5 Å². The fourth-order valence-electron chi connectivity index (χ4n) is 3.22. The van der Waals surface area contributed by atoms with Crippen molar-refractivity contribution in [2.45, 2.75) is 20.8 Å². The average Bonchev–Trinajstić information content (AvgIpc) is 3.28. The minimum Gasteiger partial charge on any atom is -0.452 e. The number of ether oxygens (including phenoxy) is 1. The molecule has 31 heavy (non-hydrogen) atoms. The van der Waals surface area contributed by atoms with Crippen molar-refractivity contribution >= 4 is 40.0 Å².